The van der Waals surface area contributed by atoms with Crippen molar-refractivity contribution in [1.82, 2.24) is 15.4 Å². The molecule has 29 heavy (non-hydrogen) atoms. The average molecular weight is 420 g/mol. The first-order valence-corrected chi connectivity index (χ1v) is 10.9. The molecule has 0 fully saturated rings. The molecule has 3 rings (SSSR count). The zero-order valence-corrected chi connectivity index (χ0v) is 17.2. The number of amides is 2. The lowest BCUT2D eigenvalue weighted by Crippen LogP contribution is -2.36. The molecule has 1 aliphatic heterocycles. The maximum Gasteiger partial charge on any atom is 0.315 e. The molecule has 0 spiro atoms. The first-order chi connectivity index (χ1) is 13.9. The highest BCUT2D eigenvalue weighted by atomic mass is 32.2. The summed E-state index contributed by atoms with van der Waals surface area (Å²) in [5, 5.41) is 5.68. The van der Waals surface area contributed by atoms with E-state index in [1.54, 1.807) is 18.2 Å². The lowest BCUT2D eigenvalue weighted by atomic mass is 10.1. The summed E-state index contributed by atoms with van der Waals surface area (Å²) in [6, 6.07) is 12.2. The van der Waals surface area contributed by atoms with E-state index in [2.05, 4.69) is 15.4 Å². The zero-order chi connectivity index (χ0) is 20.9. The van der Waals surface area contributed by atoms with Crippen molar-refractivity contribution in [2.75, 3.05) is 20.3 Å². The molecule has 2 aromatic rings. The first-order valence-electron chi connectivity index (χ1n) is 9.29. The van der Waals surface area contributed by atoms with Crippen molar-refractivity contribution < 1.29 is 22.7 Å². The number of carbonyl (C=O) groups is 1. The molecule has 0 aliphatic carbocycles. The van der Waals surface area contributed by atoms with E-state index in [-0.39, 0.29) is 24.4 Å². The third-order valence-corrected chi connectivity index (χ3v) is 5.86. The van der Waals surface area contributed by atoms with E-state index in [0.717, 1.165) is 11.1 Å². The molecular formula is C20H25N3O5S. The van der Waals surface area contributed by atoms with Crippen molar-refractivity contribution in [1.29, 1.82) is 0 Å². The summed E-state index contributed by atoms with van der Waals surface area (Å²) in [5.74, 6) is 1.28. The average Bonchev–Trinajstić information content (AvgIpc) is 2.72. The fraction of sp³-hybridized carbons (Fsp3) is 0.350. The standard InChI is InChI=1S/C20H25N3O5S/c1-14(17-6-7-18-19(11-17)28-9-8-27-18)23-20(24)22-12-15-4-3-5-16(10-15)13-29(25,26)21-2/h3-7,10-11,14,21H,8-9,12-13H2,1-2H3,(H2,22,23,24). The van der Waals surface area contributed by atoms with Crippen LogP contribution in [0.3, 0.4) is 0 Å². The number of hydrogen-bond acceptors (Lipinski definition) is 5. The molecule has 0 radical (unpaired) electrons. The second-order valence-electron chi connectivity index (χ2n) is 6.73. The number of fused-ring (bicyclic) bond motifs is 1. The Morgan fingerprint density at radius 1 is 1.07 bits per heavy atom. The molecule has 3 N–H and O–H groups in total. The van der Waals surface area contributed by atoms with Crippen LogP contribution in [0.15, 0.2) is 42.5 Å². The van der Waals surface area contributed by atoms with Gasteiger partial charge in [0, 0.05) is 6.54 Å². The van der Waals surface area contributed by atoms with Gasteiger partial charge in [0.1, 0.15) is 13.2 Å². The highest BCUT2D eigenvalue weighted by Gasteiger charge is 2.16. The van der Waals surface area contributed by atoms with Gasteiger partial charge in [0.05, 0.1) is 11.8 Å². The fourth-order valence-electron chi connectivity index (χ4n) is 2.96. The molecule has 156 valence electrons. The molecule has 8 nitrogen and oxygen atoms in total. The van der Waals surface area contributed by atoms with Crippen LogP contribution in [0.2, 0.25) is 0 Å². The molecule has 0 saturated heterocycles. The van der Waals surface area contributed by atoms with E-state index in [0.29, 0.717) is 30.3 Å². The molecule has 0 aromatic heterocycles. The van der Waals surface area contributed by atoms with Crippen LogP contribution in [-0.2, 0) is 22.3 Å². The third kappa shape index (κ3) is 5.85. The number of nitrogens with one attached hydrogen (secondary N) is 3. The Morgan fingerprint density at radius 3 is 2.55 bits per heavy atom. The molecule has 1 heterocycles. The molecule has 0 saturated carbocycles. The van der Waals surface area contributed by atoms with Crippen molar-refractivity contribution in [2.24, 2.45) is 0 Å². The van der Waals surface area contributed by atoms with Gasteiger partial charge in [-0.3, -0.25) is 0 Å². The Bertz CT molecular complexity index is 978. The Kier molecular flexibility index (Phi) is 6.60. The molecule has 9 heteroatoms. The van der Waals surface area contributed by atoms with E-state index in [1.807, 2.05) is 31.2 Å². The van der Waals surface area contributed by atoms with Crippen molar-refractivity contribution in [3.8, 4) is 11.5 Å². The first kappa shape index (κ1) is 20.9. The van der Waals surface area contributed by atoms with Gasteiger partial charge in [-0.15, -0.1) is 0 Å². The zero-order valence-electron chi connectivity index (χ0n) is 16.4. The summed E-state index contributed by atoms with van der Waals surface area (Å²) >= 11 is 0. The minimum atomic E-state index is -3.34. The van der Waals surface area contributed by atoms with Gasteiger partial charge >= 0.3 is 6.03 Å². The molecule has 0 bridgehead atoms. The molecule has 2 aromatic carbocycles. The second-order valence-corrected chi connectivity index (χ2v) is 8.66. The summed E-state index contributed by atoms with van der Waals surface area (Å²) in [7, 11) is -1.96. The Hall–Kier alpha value is -2.78. The Labute approximate surface area is 170 Å². The predicted molar refractivity (Wildman–Crippen MR) is 109 cm³/mol. The highest BCUT2D eigenvalue weighted by Crippen LogP contribution is 2.32. The van der Waals surface area contributed by atoms with Crippen LogP contribution < -0.4 is 24.8 Å². The maximum absolute atomic E-state index is 12.3. The summed E-state index contributed by atoms with van der Waals surface area (Å²) < 4.78 is 36.7. The maximum atomic E-state index is 12.3. The Balaban J connectivity index is 1.54. The molecular weight excluding hydrogens is 394 g/mol. The van der Waals surface area contributed by atoms with E-state index in [4.69, 9.17) is 9.47 Å². The normalized spacial score (nSPS) is 14.1. The van der Waals surface area contributed by atoms with E-state index in [1.165, 1.54) is 7.05 Å². The second kappa shape index (κ2) is 9.15. The number of hydrogen-bond donors (Lipinski definition) is 3. The monoisotopic (exact) mass is 419 g/mol. The van der Waals surface area contributed by atoms with Gasteiger partial charge in [0.2, 0.25) is 10.0 Å². The van der Waals surface area contributed by atoms with Crippen LogP contribution >= 0.6 is 0 Å². The molecule has 1 unspecified atom stereocenters. The Morgan fingerprint density at radius 2 is 1.79 bits per heavy atom. The van der Waals surface area contributed by atoms with Gasteiger partial charge in [-0.05, 0) is 42.8 Å². The number of urea groups is 1. The van der Waals surface area contributed by atoms with Crippen molar-refractivity contribution in [3.63, 3.8) is 0 Å². The predicted octanol–water partition coefficient (Wildman–Crippen LogP) is 2.07. The van der Waals surface area contributed by atoms with Gasteiger partial charge in [0.15, 0.2) is 11.5 Å². The fourth-order valence-corrected chi connectivity index (χ4v) is 3.73. The van der Waals surface area contributed by atoms with Crippen molar-refractivity contribution in [2.45, 2.75) is 25.3 Å². The summed E-state index contributed by atoms with van der Waals surface area (Å²) in [6.45, 7) is 3.21. The van der Waals surface area contributed by atoms with Crippen LogP contribution in [0.25, 0.3) is 0 Å². The third-order valence-electron chi connectivity index (χ3n) is 4.53. The number of rotatable bonds is 7. The van der Waals surface area contributed by atoms with Crippen LogP contribution in [0, 0.1) is 0 Å². The lowest BCUT2D eigenvalue weighted by molar-refractivity contribution is 0.171. The number of sulfonamides is 1. The molecule has 1 atom stereocenters. The van der Waals surface area contributed by atoms with Crippen LogP contribution in [0.4, 0.5) is 4.79 Å². The summed E-state index contributed by atoms with van der Waals surface area (Å²) in [4.78, 5) is 12.3. The van der Waals surface area contributed by atoms with Crippen LogP contribution in [0.5, 0.6) is 11.5 Å². The van der Waals surface area contributed by atoms with Crippen molar-refractivity contribution in [3.05, 3.63) is 59.2 Å². The number of ether oxygens (including phenoxy) is 2. The molecule has 1 aliphatic rings. The van der Waals surface area contributed by atoms with Crippen molar-refractivity contribution >= 4 is 16.1 Å². The topological polar surface area (TPSA) is 106 Å². The highest BCUT2D eigenvalue weighted by molar-refractivity contribution is 7.88. The van der Waals surface area contributed by atoms with Gasteiger partial charge in [-0.2, -0.15) is 0 Å². The number of benzene rings is 2. The van der Waals surface area contributed by atoms with E-state index < -0.39 is 10.0 Å². The van der Waals surface area contributed by atoms with Crippen LogP contribution in [-0.4, -0.2) is 34.7 Å². The molecule has 2 amide bonds. The largest absolute Gasteiger partial charge is 0.486 e. The number of carbonyl (C=O) groups excluding carboxylic acids is 1. The minimum absolute atomic E-state index is 0.106. The van der Waals surface area contributed by atoms with Gasteiger partial charge in [0.25, 0.3) is 0 Å². The summed E-state index contributed by atoms with van der Waals surface area (Å²) in [6.07, 6.45) is 0. The van der Waals surface area contributed by atoms with Crippen LogP contribution in [0.1, 0.15) is 29.7 Å². The SMILES string of the molecule is CNS(=O)(=O)Cc1cccc(CNC(=O)NC(C)c2ccc3c(c2)OCCO3)c1. The lowest BCUT2D eigenvalue weighted by Gasteiger charge is -2.21. The minimum Gasteiger partial charge on any atom is -0.486 e. The smallest absolute Gasteiger partial charge is 0.315 e. The summed E-state index contributed by atoms with van der Waals surface area (Å²) in [5.41, 5.74) is 2.38. The van der Waals surface area contributed by atoms with E-state index >= 15 is 0 Å². The van der Waals surface area contributed by atoms with E-state index in [9.17, 15) is 13.2 Å². The van der Waals surface area contributed by atoms with Gasteiger partial charge < -0.3 is 20.1 Å². The van der Waals surface area contributed by atoms with Gasteiger partial charge in [-0.25, -0.2) is 17.9 Å². The van der Waals surface area contributed by atoms with Gasteiger partial charge in [-0.1, -0.05) is 30.3 Å². The quantitative estimate of drug-likeness (QED) is 0.637.